The summed E-state index contributed by atoms with van der Waals surface area (Å²) in [6.07, 6.45) is 1.45. The van der Waals surface area contributed by atoms with E-state index in [1.807, 2.05) is 6.07 Å². The molecule has 0 saturated carbocycles. The van der Waals surface area contributed by atoms with E-state index in [1.165, 1.54) is 13.2 Å². The summed E-state index contributed by atoms with van der Waals surface area (Å²) in [5, 5.41) is 13.9. The van der Waals surface area contributed by atoms with Crippen molar-refractivity contribution in [2.24, 2.45) is 0 Å². The monoisotopic (exact) mass is 500 g/mol. The highest BCUT2D eigenvalue weighted by Gasteiger charge is 2.14. The molecular formula is C25H19Cl3N2O3. The van der Waals surface area contributed by atoms with Crippen LogP contribution in [-0.4, -0.2) is 13.0 Å². The van der Waals surface area contributed by atoms with Crippen molar-refractivity contribution in [3.8, 4) is 17.6 Å². The molecule has 0 aliphatic heterocycles. The molecule has 3 aromatic rings. The number of methoxy groups -OCH3 is 1. The Labute approximate surface area is 207 Å². The van der Waals surface area contributed by atoms with Gasteiger partial charge in [-0.15, -0.1) is 0 Å². The maximum atomic E-state index is 12.8. The molecule has 1 amide bonds. The van der Waals surface area contributed by atoms with Crippen LogP contribution in [0.25, 0.3) is 6.08 Å². The van der Waals surface area contributed by atoms with Gasteiger partial charge >= 0.3 is 0 Å². The van der Waals surface area contributed by atoms with Crippen molar-refractivity contribution in [1.29, 1.82) is 5.26 Å². The number of hydrogen-bond acceptors (Lipinski definition) is 4. The van der Waals surface area contributed by atoms with Gasteiger partial charge < -0.3 is 14.8 Å². The van der Waals surface area contributed by atoms with Crippen LogP contribution in [-0.2, 0) is 11.4 Å². The van der Waals surface area contributed by atoms with Gasteiger partial charge in [-0.2, -0.15) is 5.26 Å². The van der Waals surface area contributed by atoms with E-state index in [0.29, 0.717) is 43.4 Å². The maximum Gasteiger partial charge on any atom is 0.266 e. The molecule has 0 bridgehead atoms. The topological polar surface area (TPSA) is 71.3 Å². The predicted molar refractivity (Wildman–Crippen MR) is 132 cm³/mol. The molecule has 0 saturated heterocycles. The highest BCUT2D eigenvalue weighted by molar-refractivity contribution is 6.35. The van der Waals surface area contributed by atoms with E-state index in [-0.39, 0.29) is 12.2 Å². The van der Waals surface area contributed by atoms with Crippen LogP contribution in [0, 0.1) is 18.3 Å². The van der Waals surface area contributed by atoms with Crippen molar-refractivity contribution in [2.75, 3.05) is 12.4 Å². The molecule has 0 aliphatic rings. The van der Waals surface area contributed by atoms with Gasteiger partial charge in [-0.3, -0.25) is 4.79 Å². The number of carbonyl (C=O) groups is 1. The zero-order valence-corrected chi connectivity index (χ0v) is 20.1. The van der Waals surface area contributed by atoms with Crippen molar-refractivity contribution in [3.05, 3.63) is 91.9 Å². The lowest BCUT2D eigenvalue weighted by molar-refractivity contribution is -0.112. The van der Waals surface area contributed by atoms with Crippen molar-refractivity contribution in [3.63, 3.8) is 0 Å². The number of benzene rings is 3. The Kier molecular flexibility index (Phi) is 8.24. The second kappa shape index (κ2) is 11.1. The summed E-state index contributed by atoms with van der Waals surface area (Å²) in [5.41, 5.74) is 2.38. The van der Waals surface area contributed by atoms with Gasteiger partial charge in [-0.05, 0) is 55.0 Å². The fraction of sp³-hybridized carbons (Fsp3) is 0.120. The third kappa shape index (κ3) is 6.21. The molecule has 0 unspecified atom stereocenters. The van der Waals surface area contributed by atoms with Gasteiger partial charge in [0, 0.05) is 37.9 Å². The Morgan fingerprint density at radius 2 is 1.88 bits per heavy atom. The van der Waals surface area contributed by atoms with Crippen LogP contribution in [0.3, 0.4) is 0 Å². The molecular weight excluding hydrogens is 483 g/mol. The molecule has 0 aromatic heterocycles. The van der Waals surface area contributed by atoms with Crippen LogP contribution in [0.1, 0.15) is 16.7 Å². The van der Waals surface area contributed by atoms with E-state index in [9.17, 15) is 10.1 Å². The molecule has 0 atom stereocenters. The molecule has 1 N–H and O–H groups in total. The molecule has 0 fully saturated rings. The number of hydrogen-bond donors (Lipinski definition) is 1. The first kappa shape index (κ1) is 24.5. The van der Waals surface area contributed by atoms with E-state index < -0.39 is 5.91 Å². The Bertz CT molecular complexity index is 1270. The summed E-state index contributed by atoms with van der Waals surface area (Å²) in [7, 11) is 1.53. The average molecular weight is 502 g/mol. The number of anilines is 1. The first-order valence-corrected chi connectivity index (χ1v) is 10.9. The number of carbonyl (C=O) groups excluding carboxylic acids is 1. The molecule has 0 aliphatic carbocycles. The van der Waals surface area contributed by atoms with Crippen LogP contribution >= 0.6 is 34.8 Å². The first-order chi connectivity index (χ1) is 15.8. The minimum Gasteiger partial charge on any atom is -0.497 e. The largest absolute Gasteiger partial charge is 0.497 e. The molecule has 0 spiro atoms. The summed E-state index contributed by atoms with van der Waals surface area (Å²) in [5.74, 6) is 0.409. The highest BCUT2D eigenvalue weighted by atomic mass is 35.5. The van der Waals surface area contributed by atoms with Crippen molar-refractivity contribution < 1.29 is 14.3 Å². The SMILES string of the molecule is COc1ccc(/C=C(\C#N)C(=O)Nc2cccc(Cl)c2C)c(OCc2ccc(Cl)cc2Cl)c1. The Balaban J connectivity index is 1.89. The van der Waals surface area contributed by atoms with Gasteiger partial charge in [0.2, 0.25) is 0 Å². The van der Waals surface area contributed by atoms with Gasteiger partial charge in [0.25, 0.3) is 5.91 Å². The van der Waals surface area contributed by atoms with Gasteiger partial charge in [0.1, 0.15) is 29.7 Å². The van der Waals surface area contributed by atoms with Gasteiger partial charge in [-0.25, -0.2) is 0 Å². The number of nitriles is 1. The molecule has 8 heteroatoms. The van der Waals surface area contributed by atoms with E-state index in [0.717, 1.165) is 5.56 Å². The van der Waals surface area contributed by atoms with Gasteiger partial charge in [-0.1, -0.05) is 46.9 Å². The van der Waals surface area contributed by atoms with Crippen molar-refractivity contribution in [1.82, 2.24) is 0 Å². The third-order valence-electron chi connectivity index (χ3n) is 4.80. The minimum atomic E-state index is -0.564. The second-order valence-corrected chi connectivity index (χ2v) is 8.22. The molecule has 168 valence electrons. The van der Waals surface area contributed by atoms with Crippen LogP contribution in [0.4, 0.5) is 5.69 Å². The summed E-state index contributed by atoms with van der Waals surface area (Å²) < 4.78 is 11.2. The first-order valence-electron chi connectivity index (χ1n) is 9.75. The van der Waals surface area contributed by atoms with E-state index in [4.69, 9.17) is 44.3 Å². The molecule has 0 heterocycles. The van der Waals surface area contributed by atoms with Gasteiger partial charge in [0.15, 0.2) is 0 Å². The fourth-order valence-corrected chi connectivity index (χ4v) is 3.55. The summed E-state index contributed by atoms with van der Waals surface area (Å²) in [4.78, 5) is 12.8. The lowest BCUT2D eigenvalue weighted by Crippen LogP contribution is -2.14. The van der Waals surface area contributed by atoms with Crippen LogP contribution in [0.2, 0.25) is 15.1 Å². The van der Waals surface area contributed by atoms with Crippen molar-refractivity contribution >= 4 is 52.5 Å². The summed E-state index contributed by atoms with van der Waals surface area (Å²) >= 11 is 18.3. The maximum absolute atomic E-state index is 12.8. The highest BCUT2D eigenvalue weighted by Crippen LogP contribution is 2.30. The zero-order chi connectivity index (χ0) is 24.0. The molecule has 0 radical (unpaired) electrons. The average Bonchev–Trinajstić information content (AvgIpc) is 2.80. The smallest absolute Gasteiger partial charge is 0.266 e. The number of nitrogens with one attached hydrogen (secondary N) is 1. The quantitative estimate of drug-likeness (QED) is 0.277. The lowest BCUT2D eigenvalue weighted by Gasteiger charge is -2.13. The number of amides is 1. The Morgan fingerprint density at radius 1 is 1.09 bits per heavy atom. The number of rotatable bonds is 7. The number of halogens is 3. The van der Waals surface area contributed by atoms with Crippen LogP contribution in [0.15, 0.2) is 60.2 Å². The standard InChI is InChI=1S/C25H19Cl3N2O3/c1-15-21(27)4-3-5-23(15)30-25(31)18(13-29)10-16-7-9-20(32-2)12-24(16)33-14-17-6-8-19(26)11-22(17)28/h3-12H,14H2,1-2H3,(H,30,31)/b18-10+. The molecule has 3 rings (SSSR count). The Morgan fingerprint density at radius 3 is 2.58 bits per heavy atom. The third-order valence-corrected chi connectivity index (χ3v) is 5.80. The second-order valence-electron chi connectivity index (χ2n) is 6.96. The van der Waals surface area contributed by atoms with Crippen LogP contribution < -0.4 is 14.8 Å². The van der Waals surface area contributed by atoms with E-state index >= 15 is 0 Å². The van der Waals surface area contributed by atoms with E-state index in [1.54, 1.807) is 61.5 Å². The lowest BCUT2D eigenvalue weighted by atomic mass is 10.1. The van der Waals surface area contributed by atoms with Crippen LogP contribution in [0.5, 0.6) is 11.5 Å². The van der Waals surface area contributed by atoms with Crippen molar-refractivity contribution in [2.45, 2.75) is 13.5 Å². The normalized spacial score (nSPS) is 11.0. The van der Waals surface area contributed by atoms with Gasteiger partial charge in [0.05, 0.1) is 7.11 Å². The number of nitrogens with zero attached hydrogens (tertiary/aromatic N) is 1. The zero-order valence-electron chi connectivity index (χ0n) is 17.8. The summed E-state index contributed by atoms with van der Waals surface area (Å²) in [6, 6.07) is 17.3. The van der Waals surface area contributed by atoms with E-state index in [2.05, 4.69) is 5.32 Å². The fourth-order valence-electron chi connectivity index (χ4n) is 2.92. The summed E-state index contributed by atoms with van der Waals surface area (Å²) in [6.45, 7) is 1.94. The predicted octanol–water partition coefficient (Wildman–Crippen LogP) is 7.09. The minimum absolute atomic E-state index is 0.103. The molecule has 33 heavy (non-hydrogen) atoms. The molecule has 5 nitrogen and oxygen atoms in total. The molecule has 3 aromatic carbocycles. The number of ether oxygens (including phenoxy) is 2. The Hall–Kier alpha value is -3.17.